The number of amides is 1. The highest BCUT2D eigenvalue weighted by atomic mass is 35.5. The normalized spacial score (nSPS) is 10.5. The number of halogens is 2. The van der Waals surface area contributed by atoms with Gasteiger partial charge in [-0.1, -0.05) is 54.1 Å². The molecule has 3 aromatic carbocycles. The number of nitrogens with one attached hydrogen (secondary N) is 1. The molecule has 142 valence electrons. The lowest BCUT2D eigenvalue weighted by Gasteiger charge is -2.09. The van der Waals surface area contributed by atoms with Gasteiger partial charge < -0.3 is 10.4 Å². The van der Waals surface area contributed by atoms with Crippen LogP contribution in [0.25, 0.3) is 11.1 Å². The predicted octanol–water partition coefficient (Wildman–Crippen LogP) is 4.70. The van der Waals surface area contributed by atoms with Crippen molar-refractivity contribution in [2.75, 3.05) is 0 Å². The van der Waals surface area contributed by atoms with Gasteiger partial charge in [0.1, 0.15) is 5.82 Å². The van der Waals surface area contributed by atoms with E-state index in [1.807, 2.05) is 42.5 Å². The summed E-state index contributed by atoms with van der Waals surface area (Å²) in [6.07, 6.45) is -0.0454. The molecule has 3 aromatic rings. The summed E-state index contributed by atoms with van der Waals surface area (Å²) in [6.45, 7) is 0.226. The van der Waals surface area contributed by atoms with Crippen molar-refractivity contribution in [1.29, 1.82) is 0 Å². The minimum atomic E-state index is -0.886. The summed E-state index contributed by atoms with van der Waals surface area (Å²) < 4.78 is 13.9. The van der Waals surface area contributed by atoms with Gasteiger partial charge in [-0.15, -0.1) is 0 Å². The molecule has 0 aliphatic rings. The summed E-state index contributed by atoms with van der Waals surface area (Å²) >= 11 is 5.70. The van der Waals surface area contributed by atoms with Gasteiger partial charge in [-0.05, 0) is 46.5 Å². The van der Waals surface area contributed by atoms with E-state index in [0.717, 1.165) is 22.8 Å². The molecule has 6 heteroatoms. The fourth-order valence-corrected chi connectivity index (χ4v) is 3.01. The fourth-order valence-electron chi connectivity index (χ4n) is 2.85. The highest BCUT2D eigenvalue weighted by molar-refractivity contribution is 6.30. The lowest BCUT2D eigenvalue weighted by atomic mass is 10.00. The molecule has 0 saturated carbocycles. The van der Waals surface area contributed by atoms with Crippen LogP contribution in [0.2, 0.25) is 5.02 Å². The van der Waals surface area contributed by atoms with Crippen LogP contribution in [0, 0.1) is 5.82 Å². The van der Waals surface area contributed by atoms with Gasteiger partial charge >= 0.3 is 5.97 Å². The average molecular weight is 398 g/mol. The van der Waals surface area contributed by atoms with E-state index in [-0.39, 0.29) is 23.6 Å². The van der Waals surface area contributed by atoms with Crippen LogP contribution in [-0.4, -0.2) is 17.0 Å². The Morgan fingerprint density at radius 3 is 2.21 bits per heavy atom. The van der Waals surface area contributed by atoms with Crippen molar-refractivity contribution in [3.63, 3.8) is 0 Å². The van der Waals surface area contributed by atoms with Crippen molar-refractivity contribution in [1.82, 2.24) is 5.32 Å². The maximum atomic E-state index is 13.9. The Hall–Kier alpha value is -3.18. The van der Waals surface area contributed by atoms with Crippen LogP contribution in [0.4, 0.5) is 4.39 Å². The molecule has 0 spiro atoms. The minimum Gasteiger partial charge on any atom is -0.481 e. The first-order valence-corrected chi connectivity index (χ1v) is 8.93. The molecular weight excluding hydrogens is 381 g/mol. The SMILES string of the molecule is O=C(O)Cc1cccc(-c2cccc(CNC(=O)c3ccc(Cl)cc3F)c2)c1. The molecule has 0 radical (unpaired) electrons. The molecule has 28 heavy (non-hydrogen) atoms. The molecule has 0 atom stereocenters. The standard InChI is InChI=1S/C22H17ClFNO3/c23-18-7-8-19(20(24)12-18)22(28)25-13-15-4-2-6-17(10-15)16-5-1-3-14(9-16)11-21(26)27/h1-10,12H,11,13H2,(H,25,28)(H,26,27). The summed E-state index contributed by atoms with van der Waals surface area (Å²) in [4.78, 5) is 23.1. The molecule has 0 heterocycles. The molecule has 3 rings (SSSR count). The highest BCUT2D eigenvalue weighted by Gasteiger charge is 2.12. The molecule has 0 aliphatic carbocycles. The molecule has 0 aliphatic heterocycles. The van der Waals surface area contributed by atoms with Gasteiger partial charge in [-0.3, -0.25) is 9.59 Å². The first kappa shape index (κ1) is 19.6. The van der Waals surface area contributed by atoms with Crippen molar-refractivity contribution in [2.24, 2.45) is 0 Å². The average Bonchev–Trinajstić information content (AvgIpc) is 2.66. The van der Waals surface area contributed by atoms with Gasteiger partial charge in [0.2, 0.25) is 0 Å². The van der Waals surface area contributed by atoms with Gasteiger partial charge in [-0.25, -0.2) is 4.39 Å². The summed E-state index contributed by atoms with van der Waals surface area (Å²) in [5.41, 5.74) is 3.26. The lowest BCUT2D eigenvalue weighted by molar-refractivity contribution is -0.136. The smallest absolute Gasteiger partial charge is 0.307 e. The van der Waals surface area contributed by atoms with Gasteiger partial charge in [-0.2, -0.15) is 0 Å². The molecule has 0 unspecified atom stereocenters. The van der Waals surface area contributed by atoms with E-state index in [1.54, 1.807) is 6.07 Å². The van der Waals surface area contributed by atoms with Crippen LogP contribution in [0.15, 0.2) is 66.7 Å². The number of aliphatic carboxylic acids is 1. The van der Waals surface area contributed by atoms with E-state index in [1.165, 1.54) is 12.1 Å². The topological polar surface area (TPSA) is 66.4 Å². The Labute approximate surface area is 166 Å². The Morgan fingerprint density at radius 2 is 1.57 bits per heavy atom. The quantitative estimate of drug-likeness (QED) is 0.633. The van der Waals surface area contributed by atoms with E-state index in [4.69, 9.17) is 16.7 Å². The Morgan fingerprint density at radius 1 is 0.929 bits per heavy atom. The Kier molecular flexibility index (Phi) is 6.06. The van der Waals surface area contributed by atoms with E-state index < -0.39 is 17.7 Å². The molecule has 0 fully saturated rings. The van der Waals surface area contributed by atoms with E-state index in [9.17, 15) is 14.0 Å². The van der Waals surface area contributed by atoms with Gasteiger partial charge in [0.15, 0.2) is 0 Å². The zero-order valence-corrected chi connectivity index (χ0v) is 15.5. The number of benzene rings is 3. The summed E-state index contributed by atoms with van der Waals surface area (Å²) in [5, 5.41) is 11.9. The fraction of sp³-hybridized carbons (Fsp3) is 0.0909. The summed E-state index contributed by atoms with van der Waals surface area (Å²) in [5.74, 6) is -2.08. The van der Waals surface area contributed by atoms with Gasteiger partial charge in [0.05, 0.1) is 12.0 Å². The Bertz CT molecular complexity index is 1040. The number of carbonyl (C=O) groups excluding carboxylic acids is 1. The summed E-state index contributed by atoms with van der Waals surface area (Å²) in [7, 11) is 0. The number of hydrogen-bond acceptors (Lipinski definition) is 2. The maximum Gasteiger partial charge on any atom is 0.307 e. The zero-order chi connectivity index (χ0) is 20.1. The molecule has 2 N–H and O–H groups in total. The number of rotatable bonds is 6. The molecule has 0 saturated heterocycles. The maximum absolute atomic E-state index is 13.9. The predicted molar refractivity (Wildman–Crippen MR) is 106 cm³/mol. The van der Waals surface area contributed by atoms with E-state index in [2.05, 4.69) is 5.32 Å². The lowest BCUT2D eigenvalue weighted by Crippen LogP contribution is -2.23. The highest BCUT2D eigenvalue weighted by Crippen LogP contribution is 2.22. The number of hydrogen-bond donors (Lipinski definition) is 2. The molecule has 0 aromatic heterocycles. The van der Waals surface area contributed by atoms with Gasteiger partial charge in [0.25, 0.3) is 5.91 Å². The molecular formula is C22H17ClFNO3. The molecule has 4 nitrogen and oxygen atoms in total. The minimum absolute atomic E-state index is 0.0454. The first-order valence-electron chi connectivity index (χ1n) is 8.55. The second kappa shape index (κ2) is 8.67. The van der Waals surface area contributed by atoms with Crippen molar-refractivity contribution in [3.8, 4) is 11.1 Å². The third-order valence-electron chi connectivity index (χ3n) is 4.17. The van der Waals surface area contributed by atoms with E-state index in [0.29, 0.717) is 5.56 Å². The second-order valence-electron chi connectivity index (χ2n) is 6.28. The van der Waals surface area contributed by atoms with Crippen molar-refractivity contribution < 1.29 is 19.1 Å². The van der Waals surface area contributed by atoms with Crippen LogP contribution in [0.5, 0.6) is 0 Å². The molecule has 0 bridgehead atoms. The monoisotopic (exact) mass is 397 g/mol. The van der Waals surface area contributed by atoms with Crippen LogP contribution in [-0.2, 0) is 17.8 Å². The number of carboxylic acid groups (broad SMARTS) is 1. The van der Waals surface area contributed by atoms with Crippen molar-refractivity contribution >= 4 is 23.5 Å². The number of carbonyl (C=O) groups is 2. The Balaban J connectivity index is 1.73. The van der Waals surface area contributed by atoms with Crippen molar-refractivity contribution in [3.05, 3.63) is 94.3 Å². The second-order valence-corrected chi connectivity index (χ2v) is 6.71. The third kappa shape index (κ3) is 4.96. The number of carboxylic acids is 1. The third-order valence-corrected chi connectivity index (χ3v) is 4.41. The molecule has 1 amide bonds. The zero-order valence-electron chi connectivity index (χ0n) is 14.8. The first-order chi connectivity index (χ1) is 13.4. The van der Waals surface area contributed by atoms with Crippen LogP contribution in [0.3, 0.4) is 0 Å². The van der Waals surface area contributed by atoms with E-state index >= 15 is 0 Å². The van der Waals surface area contributed by atoms with Crippen LogP contribution >= 0.6 is 11.6 Å². The van der Waals surface area contributed by atoms with Crippen LogP contribution in [0.1, 0.15) is 21.5 Å². The van der Waals surface area contributed by atoms with Gasteiger partial charge in [0, 0.05) is 11.6 Å². The summed E-state index contributed by atoms with van der Waals surface area (Å²) in [6, 6.07) is 18.7. The van der Waals surface area contributed by atoms with Crippen molar-refractivity contribution in [2.45, 2.75) is 13.0 Å². The largest absolute Gasteiger partial charge is 0.481 e. The van der Waals surface area contributed by atoms with Crippen LogP contribution < -0.4 is 5.32 Å².